The minimum Gasteiger partial charge on any atom is -0.481 e. The molecule has 33 heavy (non-hydrogen) atoms. The third kappa shape index (κ3) is 4.91. The van der Waals surface area contributed by atoms with E-state index in [0.717, 1.165) is 0 Å². The summed E-state index contributed by atoms with van der Waals surface area (Å²) in [5.41, 5.74) is 0.701. The number of hydrogen-bond donors (Lipinski definition) is 2. The van der Waals surface area contributed by atoms with E-state index in [-0.39, 0.29) is 22.8 Å². The first kappa shape index (κ1) is 23.7. The minimum atomic E-state index is -3.52. The van der Waals surface area contributed by atoms with E-state index < -0.39 is 16.0 Å². The first-order chi connectivity index (χ1) is 15.7. The number of aliphatic carboxylic acids is 1. The third-order valence-corrected chi connectivity index (χ3v) is 8.61. The van der Waals surface area contributed by atoms with Gasteiger partial charge in [0.2, 0.25) is 10.0 Å². The van der Waals surface area contributed by atoms with Crippen LogP contribution in [0.2, 0.25) is 0 Å². The normalized spacial score (nSPS) is 22.8. The molecule has 1 saturated carbocycles. The van der Waals surface area contributed by atoms with E-state index in [2.05, 4.69) is 4.72 Å². The molecule has 0 bridgehead atoms. The third-order valence-electron chi connectivity index (χ3n) is 5.85. The van der Waals surface area contributed by atoms with Crippen molar-refractivity contribution in [3.63, 3.8) is 0 Å². The molecule has 0 spiro atoms. The lowest BCUT2D eigenvalue weighted by Gasteiger charge is -2.32. The Balaban J connectivity index is 1.48. The van der Waals surface area contributed by atoms with Gasteiger partial charge in [0, 0.05) is 17.7 Å². The highest BCUT2D eigenvalue weighted by atomic mass is 32.2. The molecule has 1 aliphatic heterocycles. The van der Waals surface area contributed by atoms with E-state index in [0.29, 0.717) is 52.0 Å². The number of thiocarbonyl (C=S) groups is 1. The van der Waals surface area contributed by atoms with Crippen molar-refractivity contribution >= 4 is 56.3 Å². The molecule has 1 aliphatic carbocycles. The summed E-state index contributed by atoms with van der Waals surface area (Å²) >= 11 is 6.64. The number of hydrogen-bond acceptors (Lipinski definition) is 7. The average Bonchev–Trinajstić information content (AvgIpc) is 3.38. The van der Waals surface area contributed by atoms with Crippen LogP contribution < -0.4 is 4.72 Å². The summed E-state index contributed by atoms with van der Waals surface area (Å²) in [7, 11) is -2.16. The Morgan fingerprint density at radius 2 is 1.85 bits per heavy atom. The van der Waals surface area contributed by atoms with Crippen LogP contribution in [0.4, 0.5) is 0 Å². The molecule has 1 saturated heterocycles. The van der Waals surface area contributed by atoms with Crippen LogP contribution in [0.1, 0.15) is 31.4 Å². The number of sulfonamides is 1. The molecule has 1 aromatic heterocycles. The van der Waals surface area contributed by atoms with Crippen LogP contribution in [-0.2, 0) is 19.6 Å². The fraction of sp³-hybridized carbons (Fsp3) is 0.318. The second-order valence-electron chi connectivity index (χ2n) is 7.83. The van der Waals surface area contributed by atoms with Crippen LogP contribution in [0.25, 0.3) is 17.4 Å². The smallest absolute Gasteiger partial charge is 0.306 e. The summed E-state index contributed by atoms with van der Waals surface area (Å²) in [4.78, 5) is 26.4. The van der Waals surface area contributed by atoms with Gasteiger partial charge in [0.05, 0.1) is 15.7 Å². The summed E-state index contributed by atoms with van der Waals surface area (Å²) in [6.45, 7) is 0. The molecule has 2 fully saturated rings. The maximum Gasteiger partial charge on any atom is 0.306 e. The summed E-state index contributed by atoms with van der Waals surface area (Å²) in [5, 5.41) is 9.19. The monoisotopic (exact) mass is 506 g/mol. The molecule has 1 amide bonds. The lowest BCUT2D eigenvalue weighted by Crippen LogP contribution is -2.41. The van der Waals surface area contributed by atoms with Gasteiger partial charge in [0.15, 0.2) is 0 Å². The molecule has 174 valence electrons. The Labute approximate surface area is 201 Å². The Bertz CT molecular complexity index is 1230. The van der Waals surface area contributed by atoms with E-state index in [1.807, 2.05) is 0 Å². The standard InChI is InChI=1S/C22H22N2O6S3/c1-23-33(28,29)17-9-4-13(5-10-17)18-11-8-16(30-18)12-19-20(25)24(22(31)32-19)15-6-2-14(3-7-15)21(26)27/h4-5,8-12,14-15,23H,2-3,6-7H2,1H3,(H,26,27)/b19-12+. The Kier molecular flexibility index (Phi) is 6.76. The van der Waals surface area contributed by atoms with Gasteiger partial charge in [-0.25, -0.2) is 13.1 Å². The Morgan fingerprint density at radius 1 is 1.18 bits per heavy atom. The number of nitrogens with zero attached hydrogens (tertiary/aromatic N) is 1. The number of rotatable bonds is 6. The van der Waals surface area contributed by atoms with Crippen molar-refractivity contribution in [1.82, 2.24) is 9.62 Å². The average molecular weight is 507 g/mol. The first-order valence-corrected chi connectivity index (χ1v) is 13.0. The Hall–Kier alpha value is -2.47. The van der Waals surface area contributed by atoms with Crippen LogP contribution in [0.15, 0.2) is 50.6 Å². The maximum atomic E-state index is 13.0. The number of nitrogens with one attached hydrogen (secondary N) is 1. The predicted octanol–water partition coefficient (Wildman–Crippen LogP) is 3.70. The summed E-state index contributed by atoms with van der Waals surface area (Å²) < 4.78 is 32.3. The minimum absolute atomic E-state index is 0.0847. The zero-order chi connectivity index (χ0) is 23.8. The highest BCUT2D eigenvalue weighted by Crippen LogP contribution is 2.38. The first-order valence-electron chi connectivity index (χ1n) is 10.3. The molecule has 2 N–H and O–H groups in total. The number of benzene rings is 1. The number of carbonyl (C=O) groups is 2. The van der Waals surface area contributed by atoms with E-state index >= 15 is 0 Å². The number of furan rings is 1. The second-order valence-corrected chi connectivity index (χ2v) is 11.4. The molecular formula is C22H22N2O6S3. The van der Waals surface area contributed by atoms with Crippen LogP contribution >= 0.6 is 24.0 Å². The largest absolute Gasteiger partial charge is 0.481 e. The van der Waals surface area contributed by atoms with Crippen LogP contribution in [0.3, 0.4) is 0 Å². The molecule has 0 atom stereocenters. The van der Waals surface area contributed by atoms with Gasteiger partial charge in [-0.1, -0.05) is 24.0 Å². The fourth-order valence-electron chi connectivity index (χ4n) is 4.01. The van der Waals surface area contributed by atoms with Gasteiger partial charge < -0.3 is 9.52 Å². The molecule has 0 radical (unpaired) electrons. The van der Waals surface area contributed by atoms with Gasteiger partial charge in [-0.3, -0.25) is 14.5 Å². The van der Waals surface area contributed by atoms with Crippen molar-refractivity contribution in [2.24, 2.45) is 5.92 Å². The van der Waals surface area contributed by atoms with E-state index in [4.69, 9.17) is 16.6 Å². The number of amides is 1. The molecular weight excluding hydrogens is 484 g/mol. The Morgan fingerprint density at radius 3 is 2.45 bits per heavy atom. The second kappa shape index (κ2) is 9.41. The van der Waals surface area contributed by atoms with Gasteiger partial charge in [-0.2, -0.15) is 0 Å². The molecule has 2 aromatic rings. The lowest BCUT2D eigenvalue weighted by molar-refractivity contribution is -0.143. The lowest BCUT2D eigenvalue weighted by atomic mass is 9.85. The van der Waals surface area contributed by atoms with E-state index in [1.165, 1.54) is 30.9 Å². The summed E-state index contributed by atoms with van der Waals surface area (Å²) in [6.07, 6.45) is 3.94. The fourth-order valence-corrected chi connectivity index (χ4v) is 6.12. The highest BCUT2D eigenvalue weighted by Gasteiger charge is 2.39. The van der Waals surface area contributed by atoms with Gasteiger partial charge in [0.25, 0.3) is 5.91 Å². The summed E-state index contributed by atoms with van der Waals surface area (Å²) in [5.74, 6) is -0.317. The predicted molar refractivity (Wildman–Crippen MR) is 129 cm³/mol. The number of carboxylic acids is 1. The molecule has 1 aromatic carbocycles. The maximum absolute atomic E-state index is 13.0. The van der Waals surface area contributed by atoms with Crippen molar-refractivity contribution in [2.75, 3.05) is 7.05 Å². The number of carbonyl (C=O) groups excluding carboxylic acids is 1. The topological polar surface area (TPSA) is 117 Å². The molecule has 0 unspecified atom stereocenters. The molecule has 2 heterocycles. The van der Waals surface area contributed by atoms with Crippen molar-refractivity contribution in [3.05, 3.63) is 47.1 Å². The number of carboxylic acid groups (broad SMARTS) is 1. The molecule has 11 heteroatoms. The zero-order valence-corrected chi connectivity index (χ0v) is 20.1. The van der Waals surface area contributed by atoms with Crippen LogP contribution in [-0.4, -0.2) is 47.7 Å². The quantitative estimate of drug-likeness (QED) is 0.450. The zero-order valence-electron chi connectivity index (χ0n) is 17.7. The van der Waals surface area contributed by atoms with Crippen molar-refractivity contribution in [3.8, 4) is 11.3 Å². The number of thioether (sulfide) groups is 1. The van der Waals surface area contributed by atoms with Crippen LogP contribution in [0, 0.1) is 5.92 Å². The van der Waals surface area contributed by atoms with Gasteiger partial charge in [-0.15, -0.1) is 0 Å². The molecule has 4 rings (SSSR count). The van der Waals surface area contributed by atoms with Crippen molar-refractivity contribution in [1.29, 1.82) is 0 Å². The molecule has 2 aliphatic rings. The van der Waals surface area contributed by atoms with Crippen molar-refractivity contribution < 1.29 is 27.5 Å². The van der Waals surface area contributed by atoms with Gasteiger partial charge in [-0.05, 0) is 69.1 Å². The summed E-state index contributed by atoms with van der Waals surface area (Å²) in [6, 6.07) is 9.69. The van der Waals surface area contributed by atoms with Crippen LogP contribution in [0.5, 0.6) is 0 Å². The van der Waals surface area contributed by atoms with Crippen molar-refractivity contribution in [2.45, 2.75) is 36.6 Å². The van der Waals surface area contributed by atoms with Gasteiger partial charge in [0.1, 0.15) is 15.8 Å². The van der Waals surface area contributed by atoms with Gasteiger partial charge >= 0.3 is 5.97 Å². The SMILES string of the molecule is CNS(=O)(=O)c1ccc(-c2ccc(/C=C3/SC(=S)N(C4CCC(C(=O)O)CC4)C3=O)o2)cc1. The molecule has 8 nitrogen and oxygen atoms in total. The van der Waals surface area contributed by atoms with E-state index in [1.54, 1.807) is 35.2 Å². The van der Waals surface area contributed by atoms with E-state index in [9.17, 15) is 23.1 Å². The highest BCUT2D eigenvalue weighted by molar-refractivity contribution is 8.26.